The van der Waals surface area contributed by atoms with E-state index in [0.717, 1.165) is 12.1 Å². The second-order valence-corrected chi connectivity index (χ2v) is 5.56. The number of guanidine groups is 1. The van der Waals surface area contributed by atoms with E-state index in [1.807, 2.05) is 0 Å². The van der Waals surface area contributed by atoms with Crippen LogP contribution in [0.2, 0.25) is 0 Å². The third-order valence-electron chi connectivity index (χ3n) is 3.91. The van der Waals surface area contributed by atoms with Gasteiger partial charge in [0.1, 0.15) is 0 Å². The zero-order chi connectivity index (χ0) is 16.7. The van der Waals surface area contributed by atoms with Crippen LogP contribution in [0.1, 0.15) is 24.8 Å². The Balaban J connectivity index is 1.82. The molecule has 1 aromatic rings. The number of rotatable bonds is 8. The number of nitrogens with one attached hydrogen (secondary N) is 1. The number of halogens is 2. The fourth-order valence-corrected chi connectivity index (χ4v) is 2.36. The molecule has 1 aliphatic rings. The Morgan fingerprint density at radius 2 is 2.17 bits per heavy atom. The highest BCUT2D eigenvalue weighted by Gasteiger charge is 2.16. The Morgan fingerprint density at radius 1 is 1.39 bits per heavy atom. The van der Waals surface area contributed by atoms with Crippen LogP contribution in [0.3, 0.4) is 0 Å². The van der Waals surface area contributed by atoms with Crippen LogP contribution in [0.5, 0.6) is 11.5 Å². The van der Waals surface area contributed by atoms with Gasteiger partial charge in [0.25, 0.3) is 0 Å². The third-order valence-corrected chi connectivity index (χ3v) is 3.91. The zero-order valence-corrected chi connectivity index (χ0v) is 13.2. The van der Waals surface area contributed by atoms with Crippen molar-refractivity contribution in [3.63, 3.8) is 0 Å². The molecule has 23 heavy (non-hydrogen) atoms. The summed E-state index contributed by atoms with van der Waals surface area (Å²) in [6, 6.07) is 4.97. The van der Waals surface area contributed by atoms with E-state index in [4.69, 9.17) is 10.5 Å². The molecular weight excluding hydrogens is 304 g/mol. The Kier molecular flexibility index (Phi) is 6.43. The van der Waals surface area contributed by atoms with Crippen LogP contribution in [0.4, 0.5) is 8.78 Å². The normalized spacial score (nSPS) is 15.4. The van der Waals surface area contributed by atoms with Crippen molar-refractivity contribution in [1.29, 1.82) is 0 Å². The van der Waals surface area contributed by atoms with Gasteiger partial charge in [-0.15, -0.1) is 0 Å². The van der Waals surface area contributed by atoms with Crippen molar-refractivity contribution in [2.45, 2.75) is 32.3 Å². The van der Waals surface area contributed by atoms with Gasteiger partial charge in [0.05, 0.1) is 7.11 Å². The molecule has 0 radical (unpaired) electrons. The molecule has 0 spiro atoms. The summed E-state index contributed by atoms with van der Waals surface area (Å²) >= 11 is 0. The molecule has 0 amide bonds. The van der Waals surface area contributed by atoms with Crippen LogP contribution in [0.15, 0.2) is 23.2 Å². The first-order valence-corrected chi connectivity index (χ1v) is 7.74. The molecule has 0 heterocycles. The van der Waals surface area contributed by atoms with Crippen LogP contribution in [-0.2, 0) is 6.42 Å². The molecule has 0 aromatic heterocycles. The molecular formula is C16H23F2N3O2. The molecule has 1 saturated carbocycles. The lowest BCUT2D eigenvalue weighted by Crippen LogP contribution is -2.34. The number of aliphatic imine (C=N–C) groups is 1. The summed E-state index contributed by atoms with van der Waals surface area (Å²) < 4.78 is 34.2. The fourth-order valence-electron chi connectivity index (χ4n) is 2.36. The van der Waals surface area contributed by atoms with Gasteiger partial charge < -0.3 is 20.5 Å². The second kappa shape index (κ2) is 8.55. The van der Waals surface area contributed by atoms with Gasteiger partial charge in [0.2, 0.25) is 0 Å². The highest BCUT2D eigenvalue weighted by Crippen LogP contribution is 2.29. The number of hydrogen-bond acceptors (Lipinski definition) is 3. The predicted molar refractivity (Wildman–Crippen MR) is 85.2 cm³/mol. The fraction of sp³-hybridized carbons (Fsp3) is 0.562. The first-order chi connectivity index (χ1) is 11.1. The quantitative estimate of drug-likeness (QED) is 0.569. The molecule has 0 unspecified atom stereocenters. The van der Waals surface area contributed by atoms with Gasteiger partial charge in [-0.05, 0) is 42.9 Å². The van der Waals surface area contributed by atoms with E-state index in [-0.39, 0.29) is 11.5 Å². The van der Waals surface area contributed by atoms with Crippen molar-refractivity contribution in [1.82, 2.24) is 5.32 Å². The summed E-state index contributed by atoms with van der Waals surface area (Å²) in [7, 11) is 1.41. The molecule has 7 heteroatoms. The summed E-state index contributed by atoms with van der Waals surface area (Å²) in [6.45, 7) is -1.54. The minimum atomic E-state index is -2.88. The Bertz CT molecular complexity index is 534. The second-order valence-electron chi connectivity index (χ2n) is 5.56. The Hall–Kier alpha value is -2.05. The monoisotopic (exact) mass is 327 g/mol. The number of hydrogen-bond donors (Lipinski definition) is 2. The maximum absolute atomic E-state index is 12.4. The van der Waals surface area contributed by atoms with Crippen molar-refractivity contribution in [2.24, 2.45) is 16.6 Å². The minimum Gasteiger partial charge on any atom is -0.493 e. The predicted octanol–water partition coefficient (Wildman–Crippen LogP) is 2.54. The van der Waals surface area contributed by atoms with Crippen LogP contribution < -0.4 is 20.5 Å². The molecule has 128 valence electrons. The number of nitrogens with two attached hydrogens (primary N) is 1. The van der Waals surface area contributed by atoms with E-state index in [2.05, 4.69) is 15.0 Å². The van der Waals surface area contributed by atoms with Gasteiger partial charge in [-0.25, -0.2) is 0 Å². The topological polar surface area (TPSA) is 68.9 Å². The van der Waals surface area contributed by atoms with Crippen LogP contribution >= 0.6 is 0 Å². The molecule has 0 atom stereocenters. The Labute approximate surface area is 134 Å². The SMILES string of the molecule is COc1ccc(CCNC(N)=NCC2CCC2)cc1OC(F)F. The molecule has 1 aliphatic carbocycles. The summed E-state index contributed by atoms with van der Waals surface area (Å²) in [5, 5.41) is 3.03. The van der Waals surface area contributed by atoms with Gasteiger partial charge in [0.15, 0.2) is 17.5 Å². The summed E-state index contributed by atoms with van der Waals surface area (Å²) in [5.74, 6) is 1.41. The number of nitrogens with zero attached hydrogens (tertiary/aromatic N) is 1. The van der Waals surface area contributed by atoms with Gasteiger partial charge >= 0.3 is 6.61 Å². The summed E-state index contributed by atoms with van der Waals surface area (Å²) in [6.07, 6.45) is 4.36. The van der Waals surface area contributed by atoms with Crippen LogP contribution in [0.25, 0.3) is 0 Å². The van der Waals surface area contributed by atoms with Crippen molar-refractivity contribution < 1.29 is 18.3 Å². The maximum atomic E-state index is 12.4. The standard InChI is InChI=1S/C16H23F2N3O2/c1-22-13-6-5-11(9-14(13)23-15(17)18)7-8-20-16(19)21-10-12-3-2-4-12/h5-6,9,12,15H,2-4,7-8,10H2,1H3,(H3,19,20,21). The van der Waals surface area contributed by atoms with Crippen molar-refractivity contribution in [3.8, 4) is 11.5 Å². The van der Waals surface area contributed by atoms with Gasteiger partial charge in [0, 0.05) is 13.1 Å². The lowest BCUT2D eigenvalue weighted by molar-refractivity contribution is -0.0512. The minimum absolute atomic E-state index is 0.0339. The first kappa shape index (κ1) is 17.3. The zero-order valence-electron chi connectivity index (χ0n) is 13.2. The first-order valence-electron chi connectivity index (χ1n) is 7.74. The maximum Gasteiger partial charge on any atom is 0.387 e. The lowest BCUT2D eigenvalue weighted by atomic mass is 9.86. The molecule has 1 aromatic carbocycles. The molecule has 1 fully saturated rings. The van der Waals surface area contributed by atoms with Crippen molar-refractivity contribution in [2.75, 3.05) is 20.2 Å². The van der Waals surface area contributed by atoms with Gasteiger partial charge in [-0.2, -0.15) is 8.78 Å². The highest BCUT2D eigenvalue weighted by molar-refractivity contribution is 5.77. The van der Waals surface area contributed by atoms with Crippen molar-refractivity contribution in [3.05, 3.63) is 23.8 Å². The molecule has 2 rings (SSSR count). The van der Waals surface area contributed by atoms with Gasteiger partial charge in [-0.3, -0.25) is 4.99 Å². The van der Waals surface area contributed by atoms with Crippen molar-refractivity contribution >= 4 is 5.96 Å². The van der Waals surface area contributed by atoms with E-state index in [1.165, 1.54) is 26.4 Å². The van der Waals surface area contributed by atoms with Gasteiger partial charge in [-0.1, -0.05) is 12.5 Å². The van der Waals surface area contributed by atoms with Crippen LogP contribution in [0, 0.1) is 5.92 Å². The molecule has 0 bridgehead atoms. The van der Waals surface area contributed by atoms with Crippen LogP contribution in [-0.4, -0.2) is 32.8 Å². The smallest absolute Gasteiger partial charge is 0.387 e. The van der Waals surface area contributed by atoms with E-state index >= 15 is 0 Å². The number of benzene rings is 1. The molecule has 0 saturated heterocycles. The summed E-state index contributed by atoms with van der Waals surface area (Å²) in [4.78, 5) is 4.30. The molecule has 5 nitrogen and oxygen atoms in total. The average Bonchev–Trinajstić information content (AvgIpc) is 2.45. The van der Waals surface area contributed by atoms with E-state index in [9.17, 15) is 8.78 Å². The highest BCUT2D eigenvalue weighted by atomic mass is 19.3. The van der Waals surface area contributed by atoms with E-state index in [1.54, 1.807) is 18.2 Å². The number of alkyl halides is 2. The lowest BCUT2D eigenvalue weighted by Gasteiger charge is -2.23. The van der Waals surface area contributed by atoms with E-state index < -0.39 is 6.61 Å². The third kappa shape index (κ3) is 5.58. The Morgan fingerprint density at radius 3 is 2.78 bits per heavy atom. The molecule has 0 aliphatic heterocycles. The molecule has 3 N–H and O–H groups in total. The van der Waals surface area contributed by atoms with E-state index in [0.29, 0.717) is 24.8 Å². The number of ether oxygens (including phenoxy) is 2. The largest absolute Gasteiger partial charge is 0.493 e. The number of methoxy groups -OCH3 is 1. The average molecular weight is 327 g/mol. The summed E-state index contributed by atoms with van der Waals surface area (Å²) in [5.41, 5.74) is 6.65.